The quantitative estimate of drug-likeness (QED) is 0.788. The second-order valence-electron chi connectivity index (χ2n) is 7.79. The molecule has 25 heavy (non-hydrogen) atoms. The van der Waals surface area contributed by atoms with Gasteiger partial charge in [-0.1, -0.05) is 0 Å². The summed E-state index contributed by atoms with van der Waals surface area (Å²) in [5, 5.41) is 9.96. The number of nitrogens with zero attached hydrogens (tertiary/aromatic N) is 3. The number of hydrogen-bond acceptors (Lipinski definition) is 6. The predicted octanol–water partition coefficient (Wildman–Crippen LogP) is 1.67. The molecule has 2 N–H and O–H groups in total. The van der Waals surface area contributed by atoms with E-state index in [2.05, 4.69) is 5.10 Å². The summed E-state index contributed by atoms with van der Waals surface area (Å²) in [6.45, 7) is 10.9. The molecular weight excluding hydrogens is 344 g/mol. The fourth-order valence-corrected chi connectivity index (χ4v) is 3.44. The van der Waals surface area contributed by atoms with Gasteiger partial charge < -0.3 is 18.9 Å². The van der Waals surface area contributed by atoms with E-state index < -0.39 is 17.0 Å². The summed E-state index contributed by atoms with van der Waals surface area (Å²) in [5.41, 5.74) is -0.858. The van der Waals surface area contributed by atoms with Crippen LogP contribution in [0.4, 0.5) is 4.79 Å². The van der Waals surface area contributed by atoms with Crippen LogP contribution in [0.25, 0.3) is 0 Å². The molecule has 8 nitrogen and oxygen atoms in total. The fourth-order valence-electron chi connectivity index (χ4n) is 2.90. The fraction of sp³-hybridized carbons (Fsp3) is 0.750. The topological polar surface area (TPSA) is 106 Å². The van der Waals surface area contributed by atoms with Crippen molar-refractivity contribution in [3.05, 3.63) is 12.3 Å². The van der Waals surface area contributed by atoms with Crippen LogP contribution >= 0.6 is 0 Å². The maximum atomic E-state index is 12.4. The van der Waals surface area contributed by atoms with Crippen molar-refractivity contribution in [2.45, 2.75) is 69.9 Å². The summed E-state index contributed by atoms with van der Waals surface area (Å²) in [6.07, 6.45) is 1.88. The van der Waals surface area contributed by atoms with Crippen molar-refractivity contribution in [2.24, 2.45) is 5.14 Å². The molecule has 0 saturated carbocycles. The molecule has 1 aromatic rings. The molecule has 1 aliphatic rings. The van der Waals surface area contributed by atoms with E-state index in [0.29, 0.717) is 24.7 Å². The monoisotopic (exact) mass is 372 g/mol. The van der Waals surface area contributed by atoms with Crippen molar-refractivity contribution in [3.63, 3.8) is 0 Å². The third kappa shape index (κ3) is 5.34. The number of carbonyl (C=O) groups is 1. The summed E-state index contributed by atoms with van der Waals surface area (Å²) >= 11 is -1.57. The summed E-state index contributed by atoms with van der Waals surface area (Å²) < 4.78 is 24.4. The number of nitrogens with two attached hydrogens (primary N) is 1. The van der Waals surface area contributed by atoms with Crippen LogP contribution in [0.2, 0.25) is 0 Å². The average molecular weight is 372 g/mol. The van der Waals surface area contributed by atoms with Crippen molar-refractivity contribution < 1.29 is 18.8 Å². The molecule has 0 aromatic carbocycles. The molecule has 0 radical (unpaired) electrons. The lowest BCUT2D eigenvalue weighted by molar-refractivity contribution is 0.00967. The second kappa shape index (κ2) is 7.53. The number of amides is 1. The van der Waals surface area contributed by atoms with E-state index in [9.17, 15) is 9.35 Å². The highest BCUT2D eigenvalue weighted by molar-refractivity contribution is 7.89. The first-order valence-corrected chi connectivity index (χ1v) is 9.51. The molecule has 1 aliphatic heterocycles. The van der Waals surface area contributed by atoms with Crippen molar-refractivity contribution in [2.75, 3.05) is 13.2 Å². The maximum Gasteiger partial charge on any atom is 0.410 e. The predicted molar refractivity (Wildman–Crippen MR) is 94.2 cm³/mol. The molecule has 2 atom stereocenters. The van der Waals surface area contributed by atoms with Gasteiger partial charge in [0.25, 0.3) is 5.03 Å². The normalized spacial score (nSPS) is 21.4. The first kappa shape index (κ1) is 20.0. The minimum absolute atomic E-state index is 0.0788. The Morgan fingerprint density at radius 3 is 2.80 bits per heavy atom. The largest absolute Gasteiger partial charge is 0.592 e. The molecule has 2 rings (SSSR count). The van der Waals surface area contributed by atoms with E-state index >= 15 is 0 Å². The second-order valence-corrected chi connectivity index (χ2v) is 8.80. The Labute approximate surface area is 151 Å². The molecule has 9 heteroatoms. The van der Waals surface area contributed by atoms with Gasteiger partial charge in [-0.3, -0.25) is 0 Å². The standard InChI is InChI=1S/C16H28N4O4S/c1-15(2,3)24-14(21)19-11-12(10-16(19,4)5)23-9-8-20-13(25(17)22)6-7-18-20/h6-7,12H,8-11,17H2,1-5H3. The zero-order valence-electron chi connectivity index (χ0n) is 15.5. The maximum absolute atomic E-state index is 12.4. The van der Waals surface area contributed by atoms with E-state index in [1.165, 1.54) is 0 Å². The molecule has 0 aliphatic carbocycles. The summed E-state index contributed by atoms with van der Waals surface area (Å²) in [5.74, 6) is 0. The molecule has 1 aromatic heterocycles. The van der Waals surface area contributed by atoms with Crippen LogP contribution in [0, 0.1) is 0 Å². The molecule has 2 unspecified atom stereocenters. The Morgan fingerprint density at radius 1 is 1.52 bits per heavy atom. The van der Waals surface area contributed by atoms with Gasteiger partial charge in [-0.25, -0.2) is 9.48 Å². The SMILES string of the molecule is CC(C)(C)OC(=O)N1CC(OCCn2nccc2[S+](N)[O-])CC1(C)C. The highest BCUT2D eigenvalue weighted by atomic mass is 32.2. The molecule has 1 fully saturated rings. The lowest BCUT2D eigenvalue weighted by atomic mass is 10.0. The molecule has 1 saturated heterocycles. The summed E-state index contributed by atoms with van der Waals surface area (Å²) in [7, 11) is 0. The van der Waals surface area contributed by atoms with Gasteiger partial charge in [0, 0.05) is 11.6 Å². The summed E-state index contributed by atoms with van der Waals surface area (Å²) in [6, 6.07) is 1.62. The van der Waals surface area contributed by atoms with E-state index in [1.807, 2.05) is 34.6 Å². The van der Waals surface area contributed by atoms with Crippen molar-refractivity contribution >= 4 is 17.5 Å². The van der Waals surface area contributed by atoms with Crippen molar-refractivity contribution in [1.82, 2.24) is 14.7 Å². The Kier molecular flexibility index (Phi) is 6.03. The minimum Gasteiger partial charge on any atom is -0.592 e. The van der Waals surface area contributed by atoms with Gasteiger partial charge in [0.05, 0.1) is 43.4 Å². The number of likely N-dealkylation sites (tertiary alicyclic amines) is 1. The van der Waals surface area contributed by atoms with Crippen LogP contribution < -0.4 is 5.14 Å². The van der Waals surface area contributed by atoms with Crippen LogP contribution in [0.15, 0.2) is 17.3 Å². The van der Waals surface area contributed by atoms with E-state index in [1.54, 1.807) is 21.8 Å². The van der Waals surface area contributed by atoms with E-state index in [0.717, 1.165) is 6.42 Å². The smallest absolute Gasteiger partial charge is 0.410 e. The Bertz CT molecular complexity index is 597. The van der Waals surface area contributed by atoms with Crippen molar-refractivity contribution in [1.29, 1.82) is 0 Å². The Morgan fingerprint density at radius 2 is 2.20 bits per heavy atom. The average Bonchev–Trinajstić information content (AvgIpc) is 3.01. The van der Waals surface area contributed by atoms with Gasteiger partial charge in [0.2, 0.25) is 0 Å². The van der Waals surface area contributed by atoms with Gasteiger partial charge in [-0.2, -0.15) is 5.10 Å². The van der Waals surface area contributed by atoms with Crippen LogP contribution in [0.1, 0.15) is 41.0 Å². The number of carbonyl (C=O) groups excluding carboxylic acids is 1. The highest BCUT2D eigenvalue weighted by Gasteiger charge is 2.43. The Hall–Kier alpha value is -1.29. The highest BCUT2D eigenvalue weighted by Crippen LogP contribution is 2.31. The molecule has 2 heterocycles. The van der Waals surface area contributed by atoms with Gasteiger partial charge in [-0.15, -0.1) is 5.14 Å². The molecule has 142 valence electrons. The number of hydrogen-bond donors (Lipinski definition) is 1. The third-order valence-corrected chi connectivity index (χ3v) is 4.76. The number of rotatable bonds is 5. The first-order valence-electron chi connectivity index (χ1n) is 8.30. The van der Waals surface area contributed by atoms with Gasteiger partial charge >= 0.3 is 6.09 Å². The molecule has 0 bridgehead atoms. The van der Waals surface area contributed by atoms with Gasteiger partial charge in [-0.05, 0) is 41.0 Å². The third-order valence-electron chi connectivity index (χ3n) is 4.00. The minimum atomic E-state index is -1.57. The van der Waals surface area contributed by atoms with E-state index in [-0.39, 0.29) is 17.7 Å². The van der Waals surface area contributed by atoms with Crippen LogP contribution in [0.3, 0.4) is 0 Å². The number of ether oxygens (including phenoxy) is 2. The lowest BCUT2D eigenvalue weighted by Gasteiger charge is -2.33. The molecule has 1 amide bonds. The summed E-state index contributed by atoms with van der Waals surface area (Å²) in [4.78, 5) is 14.1. The van der Waals surface area contributed by atoms with Gasteiger partial charge in [0.1, 0.15) is 5.60 Å². The molecular formula is C16H28N4O4S. The van der Waals surface area contributed by atoms with Crippen molar-refractivity contribution in [3.8, 4) is 0 Å². The zero-order chi connectivity index (χ0) is 18.8. The zero-order valence-corrected chi connectivity index (χ0v) is 16.3. The van der Waals surface area contributed by atoms with Gasteiger partial charge in [0.15, 0.2) is 0 Å². The van der Waals surface area contributed by atoms with E-state index in [4.69, 9.17) is 14.6 Å². The Balaban J connectivity index is 1.88. The first-order chi connectivity index (χ1) is 11.5. The lowest BCUT2D eigenvalue weighted by Crippen LogP contribution is -2.45. The molecule has 0 spiro atoms. The van der Waals surface area contributed by atoms with Crippen LogP contribution in [-0.2, 0) is 27.4 Å². The number of aromatic nitrogens is 2. The van der Waals surface area contributed by atoms with Crippen LogP contribution in [-0.4, -0.2) is 55.7 Å². The van der Waals surface area contributed by atoms with Crippen LogP contribution in [0.5, 0.6) is 0 Å².